The van der Waals surface area contributed by atoms with Crippen molar-refractivity contribution in [2.45, 2.75) is 32.3 Å². The monoisotopic (exact) mass is 304 g/mol. The van der Waals surface area contributed by atoms with Gasteiger partial charge in [0.25, 0.3) is 5.69 Å². The van der Waals surface area contributed by atoms with Gasteiger partial charge in [-0.3, -0.25) is 10.1 Å². The van der Waals surface area contributed by atoms with Crippen LogP contribution in [0.3, 0.4) is 0 Å². The fraction of sp³-hybridized carbons (Fsp3) is 0.429. The highest BCUT2D eigenvalue weighted by molar-refractivity contribution is 5.59. The standard InChI is InChI=1S/C14H16N4O4/c1-14(2)21-9-12(22-14)7-17-8-13(15-16-17)10-3-5-11(6-4-10)18(19)20/h3-6,8,12H,7,9H2,1-2H3. The summed E-state index contributed by atoms with van der Waals surface area (Å²) in [6.45, 7) is 4.80. The summed E-state index contributed by atoms with van der Waals surface area (Å²) >= 11 is 0. The van der Waals surface area contributed by atoms with Crippen LogP contribution in [0.1, 0.15) is 13.8 Å². The molecule has 1 aromatic heterocycles. The Bertz CT molecular complexity index is 680. The molecule has 8 heteroatoms. The molecule has 0 N–H and O–H groups in total. The lowest BCUT2D eigenvalue weighted by atomic mass is 10.1. The van der Waals surface area contributed by atoms with Gasteiger partial charge in [0.1, 0.15) is 11.8 Å². The van der Waals surface area contributed by atoms with Crippen LogP contribution in [0, 0.1) is 10.1 Å². The molecule has 2 aromatic rings. The zero-order chi connectivity index (χ0) is 15.7. The average Bonchev–Trinajstić information content (AvgIpc) is 3.06. The summed E-state index contributed by atoms with van der Waals surface area (Å²) in [5, 5.41) is 18.8. The lowest BCUT2D eigenvalue weighted by molar-refractivity contribution is -0.384. The molecule has 1 fully saturated rings. The Morgan fingerprint density at radius 1 is 1.41 bits per heavy atom. The summed E-state index contributed by atoms with van der Waals surface area (Å²) in [4.78, 5) is 10.2. The van der Waals surface area contributed by atoms with E-state index in [1.54, 1.807) is 23.0 Å². The van der Waals surface area contributed by atoms with E-state index in [9.17, 15) is 10.1 Å². The second-order valence-electron chi connectivity index (χ2n) is 5.58. The van der Waals surface area contributed by atoms with Crippen LogP contribution in [-0.2, 0) is 16.0 Å². The van der Waals surface area contributed by atoms with Crippen LogP contribution in [0.2, 0.25) is 0 Å². The first-order valence-electron chi connectivity index (χ1n) is 6.90. The van der Waals surface area contributed by atoms with Crippen molar-refractivity contribution in [1.29, 1.82) is 0 Å². The van der Waals surface area contributed by atoms with Gasteiger partial charge < -0.3 is 9.47 Å². The second-order valence-corrected chi connectivity index (χ2v) is 5.58. The van der Waals surface area contributed by atoms with Gasteiger partial charge in [-0.15, -0.1) is 5.10 Å². The maximum Gasteiger partial charge on any atom is 0.269 e. The molecular formula is C14H16N4O4. The van der Waals surface area contributed by atoms with Crippen LogP contribution in [0.4, 0.5) is 5.69 Å². The maximum atomic E-state index is 10.6. The lowest BCUT2D eigenvalue weighted by Gasteiger charge is -2.16. The normalized spacial score (nSPS) is 20.2. The molecule has 1 aromatic carbocycles. The molecule has 8 nitrogen and oxygen atoms in total. The highest BCUT2D eigenvalue weighted by Gasteiger charge is 2.32. The van der Waals surface area contributed by atoms with E-state index < -0.39 is 10.7 Å². The first-order chi connectivity index (χ1) is 10.4. The van der Waals surface area contributed by atoms with E-state index in [1.807, 2.05) is 13.8 Å². The minimum atomic E-state index is -0.563. The van der Waals surface area contributed by atoms with Crippen LogP contribution in [0.25, 0.3) is 11.3 Å². The third kappa shape index (κ3) is 3.12. The average molecular weight is 304 g/mol. The maximum absolute atomic E-state index is 10.6. The lowest BCUT2D eigenvalue weighted by Crippen LogP contribution is -2.24. The third-order valence-corrected chi connectivity index (χ3v) is 3.37. The van der Waals surface area contributed by atoms with Gasteiger partial charge in [0.05, 0.1) is 24.3 Å². The van der Waals surface area contributed by atoms with E-state index in [2.05, 4.69) is 10.3 Å². The van der Waals surface area contributed by atoms with E-state index in [1.165, 1.54) is 12.1 Å². The van der Waals surface area contributed by atoms with Crippen LogP contribution in [0.15, 0.2) is 30.5 Å². The van der Waals surface area contributed by atoms with E-state index in [4.69, 9.17) is 9.47 Å². The molecule has 0 amide bonds. The predicted molar refractivity (Wildman–Crippen MR) is 77.0 cm³/mol. The zero-order valence-electron chi connectivity index (χ0n) is 12.3. The molecule has 3 rings (SSSR count). The van der Waals surface area contributed by atoms with Gasteiger partial charge in [-0.1, -0.05) is 5.21 Å². The number of nitrogens with zero attached hydrogens (tertiary/aromatic N) is 4. The van der Waals surface area contributed by atoms with Crippen molar-refractivity contribution in [3.05, 3.63) is 40.6 Å². The molecule has 1 saturated heterocycles. The first kappa shape index (κ1) is 14.6. The number of benzene rings is 1. The number of hydrogen-bond acceptors (Lipinski definition) is 6. The van der Waals surface area contributed by atoms with Crippen LogP contribution >= 0.6 is 0 Å². The molecule has 0 saturated carbocycles. The van der Waals surface area contributed by atoms with Crippen molar-refractivity contribution in [3.63, 3.8) is 0 Å². The molecule has 1 aliphatic rings. The van der Waals surface area contributed by atoms with Crippen molar-refractivity contribution >= 4 is 5.69 Å². The molecule has 0 spiro atoms. The molecule has 1 unspecified atom stereocenters. The number of nitro benzene ring substituents is 1. The SMILES string of the molecule is CC1(C)OCC(Cn2cc(-c3ccc([N+](=O)[O-])cc3)nn2)O1. The third-order valence-electron chi connectivity index (χ3n) is 3.37. The summed E-state index contributed by atoms with van der Waals surface area (Å²) in [5.74, 6) is -0.563. The summed E-state index contributed by atoms with van der Waals surface area (Å²) in [6, 6.07) is 6.21. The fourth-order valence-electron chi connectivity index (χ4n) is 2.34. The van der Waals surface area contributed by atoms with Gasteiger partial charge in [0.15, 0.2) is 5.79 Å². The van der Waals surface area contributed by atoms with Crippen molar-refractivity contribution in [2.24, 2.45) is 0 Å². The van der Waals surface area contributed by atoms with Crippen LogP contribution in [-0.4, -0.2) is 38.4 Å². The topological polar surface area (TPSA) is 92.3 Å². The summed E-state index contributed by atoms with van der Waals surface area (Å²) in [7, 11) is 0. The van der Waals surface area contributed by atoms with Crippen molar-refractivity contribution in [2.75, 3.05) is 6.61 Å². The molecule has 116 valence electrons. The zero-order valence-corrected chi connectivity index (χ0v) is 12.3. The number of non-ortho nitro benzene ring substituents is 1. The molecular weight excluding hydrogens is 288 g/mol. The summed E-state index contributed by atoms with van der Waals surface area (Å²) < 4.78 is 12.9. The van der Waals surface area contributed by atoms with Crippen molar-refractivity contribution < 1.29 is 14.4 Å². The van der Waals surface area contributed by atoms with Gasteiger partial charge in [-0.25, -0.2) is 4.68 Å². The second kappa shape index (κ2) is 5.47. The Morgan fingerprint density at radius 3 is 2.73 bits per heavy atom. The minimum Gasteiger partial charge on any atom is -0.348 e. The molecule has 1 aliphatic heterocycles. The van der Waals surface area contributed by atoms with Gasteiger partial charge in [0.2, 0.25) is 0 Å². The number of hydrogen-bond donors (Lipinski definition) is 0. The fourth-order valence-corrected chi connectivity index (χ4v) is 2.34. The predicted octanol–water partition coefficient (Wildman–Crippen LogP) is 2.00. The smallest absolute Gasteiger partial charge is 0.269 e. The van der Waals surface area contributed by atoms with E-state index in [0.29, 0.717) is 18.8 Å². The van der Waals surface area contributed by atoms with Gasteiger partial charge in [0, 0.05) is 17.7 Å². The summed E-state index contributed by atoms with van der Waals surface area (Å²) in [5.41, 5.74) is 1.49. The number of nitro groups is 1. The van der Waals surface area contributed by atoms with E-state index >= 15 is 0 Å². The highest BCUT2D eigenvalue weighted by atomic mass is 16.7. The van der Waals surface area contributed by atoms with Crippen molar-refractivity contribution in [3.8, 4) is 11.3 Å². The Labute approximate surface area is 126 Å². The quantitative estimate of drug-likeness (QED) is 0.633. The van der Waals surface area contributed by atoms with Crippen LogP contribution < -0.4 is 0 Å². The van der Waals surface area contributed by atoms with Crippen LogP contribution in [0.5, 0.6) is 0 Å². The Hall–Kier alpha value is -2.32. The Balaban J connectivity index is 1.70. The largest absolute Gasteiger partial charge is 0.348 e. The summed E-state index contributed by atoms with van der Waals surface area (Å²) in [6.07, 6.45) is 1.72. The first-order valence-corrected chi connectivity index (χ1v) is 6.90. The van der Waals surface area contributed by atoms with Gasteiger partial charge in [-0.2, -0.15) is 0 Å². The highest BCUT2D eigenvalue weighted by Crippen LogP contribution is 2.24. The molecule has 0 radical (unpaired) electrons. The molecule has 2 heterocycles. The molecule has 0 aliphatic carbocycles. The van der Waals surface area contributed by atoms with Crippen molar-refractivity contribution in [1.82, 2.24) is 15.0 Å². The number of ether oxygens (including phenoxy) is 2. The number of rotatable bonds is 4. The number of aromatic nitrogens is 3. The van der Waals surface area contributed by atoms with E-state index in [-0.39, 0.29) is 11.8 Å². The molecule has 0 bridgehead atoms. The van der Waals surface area contributed by atoms with Gasteiger partial charge >= 0.3 is 0 Å². The Kier molecular flexibility index (Phi) is 3.63. The molecule has 1 atom stereocenters. The molecule has 22 heavy (non-hydrogen) atoms. The van der Waals surface area contributed by atoms with Gasteiger partial charge in [-0.05, 0) is 26.0 Å². The van der Waals surface area contributed by atoms with E-state index in [0.717, 1.165) is 5.56 Å². The Morgan fingerprint density at radius 2 is 2.14 bits per heavy atom. The minimum absolute atomic E-state index is 0.0508.